The summed E-state index contributed by atoms with van der Waals surface area (Å²) in [4.78, 5) is 0. The number of thiocarbonyl (C=S) groups is 1. The van der Waals surface area contributed by atoms with Crippen molar-refractivity contribution in [3.8, 4) is 0 Å². The fraction of sp³-hybridized carbons (Fsp3) is 0.300. The van der Waals surface area contributed by atoms with E-state index in [1.807, 2.05) is 30.3 Å². The van der Waals surface area contributed by atoms with Gasteiger partial charge in [0.05, 0.1) is 0 Å². The Balaban J connectivity index is 2.51. The summed E-state index contributed by atoms with van der Waals surface area (Å²) >= 11 is 5.02. The second-order valence-electron chi connectivity index (χ2n) is 3.50. The van der Waals surface area contributed by atoms with Crippen molar-refractivity contribution in [3.05, 3.63) is 35.9 Å². The zero-order valence-electron chi connectivity index (χ0n) is 8.36. The standard InChI is InChI=1S/C10H14NOPS/c1-13(2,12)10(14)11-8-9-6-4-3-5-7-9/h3-7H,8H2,1-2H3,(H,11,14). The van der Waals surface area contributed by atoms with Gasteiger partial charge < -0.3 is 9.88 Å². The van der Waals surface area contributed by atoms with E-state index in [2.05, 4.69) is 5.32 Å². The molecule has 2 nitrogen and oxygen atoms in total. The lowest BCUT2D eigenvalue weighted by Crippen LogP contribution is -2.20. The average Bonchev–Trinajstić information content (AvgIpc) is 2.14. The van der Waals surface area contributed by atoms with E-state index in [1.54, 1.807) is 13.3 Å². The van der Waals surface area contributed by atoms with Gasteiger partial charge in [0.25, 0.3) is 0 Å². The second kappa shape index (κ2) is 4.72. The first-order valence-electron chi connectivity index (χ1n) is 4.37. The van der Waals surface area contributed by atoms with Gasteiger partial charge in [-0.3, -0.25) is 0 Å². The highest BCUT2D eigenvalue weighted by Gasteiger charge is 2.13. The highest BCUT2D eigenvalue weighted by atomic mass is 32.1. The van der Waals surface area contributed by atoms with Gasteiger partial charge in [-0.1, -0.05) is 42.5 Å². The maximum Gasteiger partial charge on any atom is 0.136 e. The summed E-state index contributed by atoms with van der Waals surface area (Å²) in [5.41, 5.74) is 1.14. The van der Waals surface area contributed by atoms with Gasteiger partial charge in [-0.25, -0.2) is 0 Å². The average molecular weight is 227 g/mol. The molecule has 14 heavy (non-hydrogen) atoms. The number of benzene rings is 1. The Morgan fingerprint density at radius 2 is 1.93 bits per heavy atom. The molecule has 0 aliphatic rings. The van der Waals surface area contributed by atoms with E-state index >= 15 is 0 Å². The largest absolute Gasteiger partial charge is 0.369 e. The van der Waals surface area contributed by atoms with Crippen LogP contribution < -0.4 is 5.32 Å². The third kappa shape index (κ3) is 3.60. The molecule has 1 rings (SSSR count). The summed E-state index contributed by atoms with van der Waals surface area (Å²) in [6, 6.07) is 9.92. The van der Waals surface area contributed by atoms with Crippen molar-refractivity contribution < 1.29 is 4.57 Å². The number of nitrogens with one attached hydrogen (secondary N) is 1. The molecule has 0 atom stereocenters. The van der Waals surface area contributed by atoms with E-state index in [4.69, 9.17) is 12.2 Å². The summed E-state index contributed by atoms with van der Waals surface area (Å²) in [5, 5.41) is 3.01. The number of hydrogen-bond donors (Lipinski definition) is 1. The molecular formula is C10H14NOPS. The molecule has 1 N–H and O–H groups in total. The Hall–Kier alpha value is -0.660. The van der Waals surface area contributed by atoms with Crippen LogP contribution in [-0.4, -0.2) is 18.1 Å². The quantitative estimate of drug-likeness (QED) is 0.636. The van der Waals surface area contributed by atoms with E-state index in [1.165, 1.54) is 0 Å². The predicted molar refractivity (Wildman–Crippen MR) is 65.3 cm³/mol. The van der Waals surface area contributed by atoms with E-state index in [0.717, 1.165) is 5.56 Å². The molecule has 0 fully saturated rings. The molecule has 1 aromatic rings. The van der Waals surface area contributed by atoms with Crippen LogP contribution in [0.1, 0.15) is 5.56 Å². The smallest absolute Gasteiger partial charge is 0.136 e. The Kier molecular flexibility index (Phi) is 3.85. The maximum atomic E-state index is 11.5. The van der Waals surface area contributed by atoms with Crippen LogP contribution in [0.5, 0.6) is 0 Å². The molecule has 0 saturated heterocycles. The molecular weight excluding hydrogens is 213 g/mol. The summed E-state index contributed by atoms with van der Waals surface area (Å²) < 4.78 is 12.0. The molecule has 0 aromatic heterocycles. The van der Waals surface area contributed by atoms with Crippen LogP contribution in [0.3, 0.4) is 0 Å². The van der Waals surface area contributed by atoms with E-state index in [0.29, 0.717) is 11.3 Å². The third-order valence-electron chi connectivity index (χ3n) is 1.78. The maximum absolute atomic E-state index is 11.5. The van der Waals surface area contributed by atoms with Gasteiger partial charge in [0.1, 0.15) is 11.9 Å². The SMILES string of the molecule is CP(C)(=O)C(=S)NCc1ccccc1. The normalized spacial score (nSPS) is 11.0. The Morgan fingerprint density at radius 1 is 1.36 bits per heavy atom. The lowest BCUT2D eigenvalue weighted by atomic mass is 10.2. The molecule has 0 spiro atoms. The van der Waals surface area contributed by atoms with Gasteiger partial charge in [0.2, 0.25) is 0 Å². The van der Waals surface area contributed by atoms with Gasteiger partial charge in [-0.05, 0) is 18.9 Å². The molecule has 0 radical (unpaired) electrons. The first-order valence-corrected chi connectivity index (χ1v) is 7.38. The highest BCUT2D eigenvalue weighted by molar-refractivity contribution is 8.00. The summed E-state index contributed by atoms with van der Waals surface area (Å²) in [7, 11) is -2.27. The van der Waals surface area contributed by atoms with Crippen LogP contribution in [-0.2, 0) is 11.1 Å². The molecule has 0 bridgehead atoms. The minimum atomic E-state index is -2.27. The predicted octanol–water partition coefficient (Wildman–Crippen LogP) is 2.68. The Morgan fingerprint density at radius 3 is 2.43 bits per heavy atom. The number of hydrogen-bond acceptors (Lipinski definition) is 2. The van der Waals surface area contributed by atoms with Crippen LogP contribution in [0.25, 0.3) is 0 Å². The van der Waals surface area contributed by atoms with Gasteiger partial charge in [0.15, 0.2) is 0 Å². The molecule has 0 aliphatic heterocycles. The fourth-order valence-electron chi connectivity index (χ4n) is 0.964. The van der Waals surface area contributed by atoms with Gasteiger partial charge in [-0.2, -0.15) is 0 Å². The van der Waals surface area contributed by atoms with Crippen molar-refractivity contribution in [3.63, 3.8) is 0 Å². The van der Waals surface area contributed by atoms with E-state index < -0.39 is 7.14 Å². The molecule has 1 aromatic carbocycles. The Labute approximate surface area is 90.1 Å². The third-order valence-corrected chi connectivity index (χ3v) is 4.38. The van der Waals surface area contributed by atoms with Gasteiger partial charge >= 0.3 is 0 Å². The number of rotatable bonds is 3. The molecule has 0 heterocycles. The highest BCUT2D eigenvalue weighted by Crippen LogP contribution is 2.36. The second-order valence-corrected chi connectivity index (χ2v) is 7.35. The molecule has 76 valence electrons. The van der Waals surface area contributed by atoms with Crippen LogP contribution >= 0.6 is 19.4 Å². The molecule has 0 aliphatic carbocycles. The minimum absolute atomic E-state index is 0.473. The zero-order valence-corrected chi connectivity index (χ0v) is 10.1. The van der Waals surface area contributed by atoms with Crippen molar-refractivity contribution in [2.45, 2.75) is 6.54 Å². The molecule has 4 heteroatoms. The lowest BCUT2D eigenvalue weighted by molar-refractivity contribution is 0.589. The zero-order chi connectivity index (χ0) is 10.6. The Bertz CT molecular complexity index is 358. The van der Waals surface area contributed by atoms with Crippen LogP contribution in [0.4, 0.5) is 0 Å². The van der Waals surface area contributed by atoms with Crippen LogP contribution in [0.15, 0.2) is 30.3 Å². The van der Waals surface area contributed by atoms with Gasteiger partial charge in [0, 0.05) is 6.54 Å². The van der Waals surface area contributed by atoms with Crippen LogP contribution in [0, 0.1) is 0 Å². The monoisotopic (exact) mass is 227 g/mol. The van der Waals surface area contributed by atoms with Crippen molar-refractivity contribution in [2.24, 2.45) is 0 Å². The molecule has 0 saturated carbocycles. The first kappa shape index (κ1) is 11.4. The first-order chi connectivity index (χ1) is 6.50. The van der Waals surface area contributed by atoms with Crippen molar-refractivity contribution in [1.29, 1.82) is 0 Å². The minimum Gasteiger partial charge on any atom is -0.369 e. The summed E-state index contributed by atoms with van der Waals surface area (Å²) in [5.74, 6) is 0. The van der Waals surface area contributed by atoms with Crippen molar-refractivity contribution in [1.82, 2.24) is 5.32 Å². The van der Waals surface area contributed by atoms with Crippen molar-refractivity contribution in [2.75, 3.05) is 13.3 Å². The molecule has 0 unspecified atom stereocenters. The van der Waals surface area contributed by atoms with E-state index in [9.17, 15) is 4.57 Å². The molecule has 0 amide bonds. The van der Waals surface area contributed by atoms with Crippen LogP contribution in [0.2, 0.25) is 0 Å². The van der Waals surface area contributed by atoms with E-state index in [-0.39, 0.29) is 0 Å². The summed E-state index contributed by atoms with van der Waals surface area (Å²) in [6.45, 7) is 3.99. The topological polar surface area (TPSA) is 29.1 Å². The summed E-state index contributed by atoms with van der Waals surface area (Å²) in [6.07, 6.45) is 0. The van der Waals surface area contributed by atoms with Gasteiger partial charge in [-0.15, -0.1) is 0 Å². The lowest BCUT2D eigenvalue weighted by Gasteiger charge is -2.11. The fourth-order valence-corrected chi connectivity index (χ4v) is 1.50. The van der Waals surface area contributed by atoms with Crippen molar-refractivity contribution >= 4 is 24.1 Å².